The molecular weight excluding hydrogens is 833 g/mol. The summed E-state index contributed by atoms with van der Waals surface area (Å²) < 4.78 is 18.0. The molecule has 1 spiro atoms. The van der Waals surface area contributed by atoms with Gasteiger partial charge in [-0.3, -0.25) is 29.4 Å². The number of carbonyl (C=O) groups excluding carboxylic acids is 4. The van der Waals surface area contributed by atoms with E-state index in [2.05, 4.69) is 23.7 Å². The number of amides is 3. The van der Waals surface area contributed by atoms with Crippen molar-refractivity contribution in [2.45, 2.75) is 42.7 Å². The Hall–Kier alpha value is -7.64. The lowest BCUT2D eigenvalue weighted by molar-refractivity contribution is -0.384. The Bertz CT molecular complexity index is 2670. The number of ether oxygens (including phenoxy) is 3. The fourth-order valence-electron chi connectivity index (χ4n) is 9.30. The third kappa shape index (κ3) is 8.10. The smallest absolute Gasteiger partial charge is 0.421 e. The normalized spacial score (nSPS) is 21.9. The number of esters is 1. The van der Waals surface area contributed by atoms with Gasteiger partial charge in [0.2, 0.25) is 11.8 Å². The van der Waals surface area contributed by atoms with E-state index in [1.54, 1.807) is 36.4 Å². The number of fused-ring (bicyclic) bond motifs is 3. The number of hydrogen-bond acceptors (Lipinski definition) is 12. The molecule has 5 aromatic rings. The molecule has 3 aliphatic rings. The van der Waals surface area contributed by atoms with E-state index in [9.17, 15) is 25.1 Å². The number of hydrogen-bond donors (Lipinski definition) is 3. The predicted molar refractivity (Wildman–Crippen MR) is 236 cm³/mol. The largest absolute Gasteiger partial charge is 0.491 e. The second kappa shape index (κ2) is 19.0. The maximum atomic E-state index is 16.2. The van der Waals surface area contributed by atoms with Crippen molar-refractivity contribution in [3.63, 3.8) is 0 Å². The van der Waals surface area contributed by atoms with E-state index in [1.807, 2.05) is 65.6 Å². The average molecular weight is 877 g/mol. The highest BCUT2D eigenvalue weighted by atomic mass is 16.6. The number of rotatable bonds is 13. The van der Waals surface area contributed by atoms with Crippen LogP contribution in [0.2, 0.25) is 0 Å². The molecule has 3 N–H and O–H groups in total. The highest BCUT2D eigenvalue weighted by molar-refractivity contribution is 6.23. The number of carbonyl (C=O) groups is 4. The third-order valence-corrected chi connectivity index (χ3v) is 11.9. The number of anilines is 1. The maximum absolute atomic E-state index is 16.2. The van der Waals surface area contributed by atoms with Crippen LogP contribution in [0, 0.1) is 27.9 Å². The lowest BCUT2D eigenvalue weighted by Crippen LogP contribution is -2.55. The number of aliphatic hydroxyl groups excluding tert-OH is 2. The summed E-state index contributed by atoms with van der Waals surface area (Å²) in [5.41, 5.74) is 0.685. The Balaban J connectivity index is 1.40. The molecule has 3 aliphatic heterocycles. The van der Waals surface area contributed by atoms with E-state index >= 15 is 14.4 Å². The predicted octanol–water partition coefficient (Wildman–Crippen LogP) is 6.00. The van der Waals surface area contributed by atoms with Gasteiger partial charge in [-0.05, 0) is 70.3 Å². The molecule has 330 valence electrons. The minimum atomic E-state index is -2.09. The first-order valence-corrected chi connectivity index (χ1v) is 20.9. The number of nitro benzene ring substituents is 1. The Morgan fingerprint density at radius 3 is 2.22 bits per heavy atom. The van der Waals surface area contributed by atoms with Gasteiger partial charge in [0.05, 0.1) is 41.8 Å². The molecule has 8 rings (SSSR count). The number of nitrogens with one attached hydrogen (secondary N) is 1. The van der Waals surface area contributed by atoms with Crippen LogP contribution in [0.25, 0.3) is 0 Å². The number of nitrogens with zero attached hydrogens (tertiary/aromatic N) is 3. The lowest BCUT2D eigenvalue weighted by atomic mass is 9.65. The van der Waals surface area contributed by atoms with Crippen molar-refractivity contribution >= 4 is 35.3 Å². The highest BCUT2D eigenvalue weighted by Crippen LogP contribution is 2.66. The van der Waals surface area contributed by atoms with E-state index in [0.717, 1.165) is 4.90 Å². The molecule has 6 atom stereocenters. The minimum absolute atomic E-state index is 0.00996. The van der Waals surface area contributed by atoms with Gasteiger partial charge in [-0.15, -0.1) is 6.58 Å². The number of non-ortho nitro benzene ring substituents is 1. The highest BCUT2D eigenvalue weighted by Gasteiger charge is 2.75. The van der Waals surface area contributed by atoms with Gasteiger partial charge in [0, 0.05) is 30.7 Å². The van der Waals surface area contributed by atoms with Gasteiger partial charge in [0.1, 0.15) is 36.5 Å². The minimum Gasteiger partial charge on any atom is -0.491 e. The van der Waals surface area contributed by atoms with Gasteiger partial charge >= 0.3 is 12.1 Å². The van der Waals surface area contributed by atoms with Crippen molar-refractivity contribution in [3.05, 3.63) is 184 Å². The van der Waals surface area contributed by atoms with Crippen LogP contribution >= 0.6 is 0 Å². The van der Waals surface area contributed by atoms with Crippen LogP contribution in [-0.2, 0) is 35.9 Å². The summed E-state index contributed by atoms with van der Waals surface area (Å²) in [4.78, 5) is 74.6. The van der Waals surface area contributed by atoms with Crippen molar-refractivity contribution in [1.82, 2.24) is 10.2 Å². The first-order chi connectivity index (χ1) is 31.6. The molecule has 2 fully saturated rings. The quantitative estimate of drug-likeness (QED) is 0.0411. The zero-order valence-corrected chi connectivity index (χ0v) is 34.9. The summed E-state index contributed by atoms with van der Waals surface area (Å²) in [5, 5.41) is 33.3. The van der Waals surface area contributed by atoms with Crippen LogP contribution in [0.3, 0.4) is 0 Å². The second-order valence-corrected chi connectivity index (χ2v) is 15.6. The van der Waals surface area contributed by atoms with Crippen LogP contribution in [0.4, 0.5) is 16.2 Å². The fourth-order valence-corrected chi connectivity index (χ4v) is 9.30. The monoisotopic (exact) mass is 876 g/mol. The van der Waals surface area contributed by atoms with Gasteiger partial charge in [0.25, 0.3) is 5.69 Å². The van der Waals surface area contributed by atoms with Gasteiger partial charge in [-0.2, -0.15) is 0 Å². The molecule has 0 saturated carbocycles. The van der Waals surface area contributed by atoms with Crippen LogP contribution in [0.1, 0.15) is 58.0 Å². The SMILES string of the molecule is C=CCNC(=O)[C@H]1[C@@H]2C(=O)O[C@@H](c3ccccc3)[C@@H](c3ccccc3)N2[C@@H](c2ccc(OCCO)cc2)[C@]12C(=O)N(C(=O)OCc1ccc([N+](=O)[O-])cc1)c1ccc(C#CCCO)cc12. The van der Waals surface area contributed by atoms with Crippen molar-refractivity contribution in [2.75, 3.05) is 31.3 Å². The summed E-state index contributed by atoms with van der Waals surface area (Å²) in [6, 6.07) is 32.0. The molecule has 0 radical (unpaired) electrons. The van der Waals surface area contributed by atoms with Crippen molar-refractivity contribution in [1.29, 1.82) is 0 Å². The molecule has 0 unspecified atom stereocenters. The summed E-state index contributed by atoms with van der Waals surface area (Å²) in [6.45, 7) is 2.94. The number of cyclic esters (lactones) is 1. The molecule has 3 heterocycles. The fraction of sp³-hybridized carbons (Fsp3) is 0.240. The zero-order chi connectivity index (χ0) is 45.7. The van der Waals surface area contributed by atoms with Crippen molar-refractivity contribution < 1.29 is 48.5 Å². The van der Waals surface area contributed by atoms with Crippen LogP contribution in [0.15, 0.2) is 140 Å². The number of imide groups is 1. The topological polar surface area (TPSA) is 198 Å². The first kappa shape index (κ1) is 44.0. The molecule has 65 heavy (non-hydrogen) atoms. The summed E-state index contributed by atoms with van der Waals surface area (Å²) >= 11 is 0. The lowest BCUT2D eigenvalue weighted by Gasteiger charge is -2.46. The molecule has 15 heteroatoms. The van der Waals surface area contributed by atoms with Crippen LogP contribution < -0.4 is 15.0 Å². The van der Waals surface area contributed by atoms with Crippen molar-refractivity contribution in [2.24, 2.45) is 5.92 Å². The first-order valence-electron chi connectivity index (χ1n) is 20.9. The summed E-state index contributed by atoms with van der Waals surface area (Å²) in [7, 11) is 0. The summed E-state index contributed by atoms with van der Waals surface area (Å²) in [5.74, 6) is 2.46. The van der Waals surface area contributed by atoms with E-state index < -0.39 is 64.4 Å². The average Bonchev–Trinajstić information content (AvgIpc) is 3.79. The Kier molecular flexibility index (Phi) is 12.9. The van der Waals surface area contributed by atoms with Gasteiger partial charge in [-0.1, -0.05) is 90.7 Å². The number of nitro groups is 1. The zero-order valence-electron chi connectivity index (χ0n) is 34.9. The molecule has 15 nitrogen and oxygen atoms in total. The van der Waals surface area contributed by atoms with Gasteiger partial charge in [0.15, 0.2) is 0 Å². The maximum Gasteiger partial charge on any atom is 0.421 e. The molecule has 0 bridgehead atoms. The third-order valence-electron chi connectivity index (χ3n) is 11.9. The molecule has 3 amide bonds. The summed E-state index contributed by atoms with van der Waals surface area (Å²) in [6.07, 6.45) is -0.433. The van der Waals surface area contributed by atoms with Gasteiger partial charge in [-0.25, -0.2) is 9.69 Å². The molecule has 5 aromatic carbocycles. The molecule has 2 saturated heterocycles. The standard InChI is InChI=1S/C50H44N4O11/c1-2-26-51-46(57)41-43-47(58)65-44(35-14-7-4-8-15-35)42(34-12-5-3-6-13-34)53(43)45(36-19-23-38(24-20-36)63-29-28-56)50(41)39-30-32(11-9-10-27-55)18-25-40(39)52(48(50)59)49(60)64-31-33-16-21-37(22-17-33)54(61)62/h2-8,12-25,30,41-45,55-56H,1,10,26-29,31H2,(H,51,57)/t41-,42-,43-,44+,45+,50-/m1/s1. The van der Waals surface area contributed by atoms with E-state index in [-0.39, 0.29) is 56.3 Å². The number of morpholine rings is 1. The van der Waals surface area contributed by atoms with E-state index in [4.69, 9.17) is 14.2 Å². The van der Waals surface area contributed by atoms with E-state index in [1.165, 1.54) is 36.4 Å². The Labute approximate surface area is 374 Å². The second-order valence-electron chi connectivity index (χ2n) is 15.6. The van der Waals surface area contributed by atoms with Gasteiger partial charge < -0.3 is 29.7 Å². The Morgan fingerprint density at radius 2 is 1.57 bits per heavy atom. The molecule has 0 aliphatic carbocycles. The van der Waals surface area contributed by atoms with Crippen LogP contribution in [0.5, 0.6) is 5.75 Å². The molecule has 0 aromatic heterocycles. The molecular formula is C50H44N4O11. The van der Waals surface area contributed by atoms with Crippen LogP contribution in [-0.4, -0.2) is 76.3 Å². The van der Waals surface area contributed by atoms with E-state index in [0.29, 0.717) is 33.6 Å². The number of aliphatic hydroxyl groups is 2. The Morgan fingerprint density at radius 1 is 0.877 bits per heavy atom. The number of benzene rings is 5. The van der Waals surface area contributed by atoms with Crippen molar-refractivity contribution in [3.8, 4) is 17.6 Å².